The van der Waals surface area contributed by atoms with Crippen LogP contribution in [0.25, 0.3) is 0 Å². The summed E-state index contributed by atoms with van der Waals surface area (Å²) in [5.41, 5.74) is 6.82. The molecule has 0 spiro atoms. The summed E-state index contributed by atoms with van der Waals surface area (Å²) < 4.78 is 0. The minimum atomic E-state index is 0.186. The number of aliphatic hydroxyl groups excluding tert-OH is 1. The van der Waals surface area contributed by atoms with E-state index in [9.17, 15) is 0 Å². The highest BCUT2D eigenvalue weighted by Gasteiger charge is 1.96. The van der Waals surface area contributed by atoms with E-state index in [1.165, 1.54) is 28.7 Å². The lowest BCUT2D eigenvalue weighted by Crippen LogP contribution is -1.90. The molecule has 0 saturated carbocycles. The standard InChI is InChI=1S/C21H36O/c1-17(2)10-7-11-18(3)12-8-13-19(4)14-9-15-20(5)21(6)16-22/h10,12,14,22H,7-9,11,13,15-16H2,1-6H3. The molecule has 22 heavy (non-hydrogen) atoms. The van der Waals surface area contributed by atoms with E-state index in [0.29, 0.717) is 0 Å². The Bertz CT molecular complexity index is 429. The molecule has 0 aromatic carbocycles. The maximum Gasteiger partial charge on any atom is 0.0641 e. The molecule has 0 saturated heterocycles. The van der Waals surface area contributed by atoms with Crippen molar-refractivity contribution in [3.8, 4) is 0 Å². The van der Waals surface area contributed by atoms with Gasteiger partial charge in [0.15, 0.2) is 0 Å². The molecule has 1 heteroatoms. The Balaban J connectivity index is 4.04. The summed E-state index contributed by atoms with van der Waals surface area (Å²) in [6.07, 6.45) is 13.8. The van der Waals surface area contributed by atoms with Crippen molar-refractivity contribution in [3.63, 3.8) is 0 Å². The van der Waals surface area contributed by atoms with Crippen molar-refractivity contribution in [1.82, 2.24) is 0 Å². The topological polar surface area (TPSA) is 20.2 Å². The van der Waals surface area contributed by atoms with E-state index < -0.39 is 0 Å². The minimum absolute atomic E-state index is 0.186. The third-order valence-electron chi connectivity index (χ3n) is 4.10. The van der Waals surface area contributed by atoms with Crippen LogP contribution >= 0.6 is 0 Å². The number of hydrogen-bond acceptors (Lipinski definition) is 1. The zero-order valence-corrected chi connectivity index (χ0v) is 15.6. The third kappa shape index (κ3) is 11.6. The first kappa shape index (κ1) is 20.9. The molecular formula is C21H36O. The Kier molecular flexibility index (Phi) is 11.9. The van der Waals surface area contributed by atoms with Crippen molar-refractivity contribution in [3.05, 3.63) is 46.1 Å². The Morgan fingerprint density at radius 1 is 0.636 bits per heavy atom. The molecule has 0 atom stereocenters. The lowest BCUT2D eigenvalue weighted by atomic mass is 10.0. The second-order valence-corrected chi connectivity index (χ2v) is 6.72. The zero-order valence-electron chi connectivity index (χ0n) is 15.6. The van der Waals surface area contributed by atoms with E-state index >= 15 is 0 Å². The monoisotopic (exact) mass is 304 g/mol. The van der Waals surface area contributed by atoms with Crippen LogP contribution in [0.3, 0.4) is 0 Å². The summed E-state index contributed by atoms with van der Waals surface area (Å²) in [6.45, 7) is 13.1. The first-order valence-electron chi connectivity index (χ1n) is 8.57. The van der Waals surface area contributed by atoms with Crippen molar-refractivity contribution in [2.75, 3.05) is 6.61 Å². The molecule has 0 heterocycles. The fourth-order valence-corrected chi connectivity index (χ4v) is 2.22. The summed E-state index contributed by atoms with van der Waals surface area (Å²) in [6, 6.07) is 0. The van der Waals surface area contributed by atoms with Gasteiger partial charge in [-0.1, -0.05) is 40.5 Å². The smallest absolute Gasteiger partial charge is 0.0641 e. The van der Waals surface area contributed by atoms with Gasteiger partial charge in [-0.2, -0.15) is 0 Å². The molecule has 126 valence electrons. The van der Waals surface area contributed by atoms with E-state index in [1.807, 2.05) is 6.92 Å². The molecule has 1 nitrogen and oxygen atoms in total. The van der Waals surface area contributed by atoms with Crippen molar-refractivity contribution in [2.45, 2.75) is 80.1 Å². The Hall–Kier alpha value is -1.08. The lowest BCUT2D eigenvalue weighted by Gasteiger charge is -2.04. The van der Waals surface area contributed by atoms with Crippen molar-refractivity contribution >= 4 is 0 Å². The second-order valence-electron chi connectivity index (χ2n) is 6.72. The van der Waals surface area contributed by atoms with Crippen molar-refractivity contribution < 1.29 is 5.11 Å². The molecule has 0 aliphatic carbocycles. The van der Waals surface area contributed by atoms with Gasteiger partial charge in [0, 0.05) is 0 Å². The third-order valence-corrected chi connectivity index (χ3v) is 4.10. The first-order valence-corrected chi connectivity index (χ1v) is 8.57. The summed E-state index contributed by atoms with van der Waals surface area (Å²) in [4.78, 5) is 0. The van der Waals surface area contributed by atoms with Crippen molar-refractivity contribution in [1.29, 1.82) is 0 Å². The molecule has 0 fully saturated rings. The predicted octanol–water partition coefficient (Wildman–Crippen LogP) is 6.51. The van der Waals surface area contributed by atoms with E-state index in [1.54, 1.807) is 0 Å². The van der Waals surface area contributed by atoms with Gasteiger partial charge in [0.2, 0.25) is 0 Å². The number of hydrogen-bond donors (Lipinski definition) is 1. The molecule has 0 aliphatic heterocycles. The molecule has 0 unspecified atom stereocenters. The highest BCUT2D eigenvalue weighted by atomic mass is 16.3. The molecule has 1 N–H and O–H groups in total. The van der Waals surface area contributed by atoms with E-state index in [0.717, 1.165) is 37.7 Å². The van der Waals surface area contributed by atoms with Gasteiger partial charge in [-0.25, -0.2) is 0 Å². The first-order chi connectivity index (χ1) is 10.4. The molecule has 0 aromatic heterocycles. The van der Waals surface area contributed by atoms with Crippen LogP contribution in [0.5, 0.6) is 0 Å². The van der Waals surface area contributed by atoms with Gasteiger partial charge >= 0.3 is 0 Å². The van der Waals surface area contributed by atoms with Crippen LogP contribution in [0.1, 0.15) is 80.1 Å². The largest absolute Gasteiger partial charge is 0.392 e. The van der Waals surface area contributed by atoms with Gasteiger partial charge in [-0.15, -0.1) is 0 Å². The fourth-order valence-electron chi connectivity index (χ4n) is 2.22. The summed E-state index contributed by atoms with van der Waals surface area (Å²) in [5.74, 6) is 0. The normalized spacial score (nSPS) is 14.0. The van der Waals surface area contributed by atoms with Crippen LogP contribution in [-0.4, -0.2) is 11.7 Å². The Labute approximate surface area is 138 Å². The van der Waals surface area contributed by atoms with Gasteiger partial charge < -0.3 is 5.11 Å². The maximum absolute atomic E-state index is 9.09. The molecule has 0 radical (unpaired) electrons. The zero-order chi connectivity index (χ0) is 17.0. The summed E-state index contributed by atoms with van der Waals surface area (Å²) >= 11 is 0. The average molecular weight is 305 g/mol. The Morgan fingerprint density at radius 2 is 1.09 bits per heavy atom. The van der Waals surface area contributed by atoms with Crippen LogP contribution < -0.4 is 0 Å². The fraction of sp³-hybridized carbons (Fsp3) is 0.619. The molecule has 0 aromatic rings. The number of rotatable bonds is 10. The van der Waals surface area contributed by atoms with Gasteiger partial charge in [0.25, 0.3) is 0 Å². The van der Waals surface area contributed by atoms with Gasteiger partial charge in [-0.3, -0.25) is 0 Å². The Morgan fingerprint density at radius 3 is 1.55 bits per heavy atom. The molecule has 0 bridgehead atoms. The van der Waals surface area contributed by atoms with Crippen LogP contribution in [0.4, 0.5) is 0 Å². The van der Waals surface area contributed by atoms with Gasteiger partial charge in [0.1, 0.15) is 0 Å². The number of aliphatic hydroxyl groups is 1. The summed E-state index contributed by atoms with van der Waals surface area (Å²) in [5, 5.41) is 9.09. The van der Waals surface area contributed by atoms with Crippen LogP contribution in [0.15, 0.2) is 46.1 Å². The molecule has 0 rings (SSSR count). The minimum Gasteiger partial charge on any atom is -0.392 e. The lowest BCUT2D eigenvalue weighted by molar-refractivity contribution is 0.329. The van der Waals surface area contributed by atoms with Crippen molar-refractivity contribution in [2.24, 2.45) is 0 Å². The number of allylic oxidation sites excluding steroid dienone is 7. The highest BCUT2D eigenvalue weighted by molar-refractivity contribution is 5.11. The molecular weight excluding hydrogens is 268 g/mol. The van der Waals surface area contributed by atoms with Crippen LogP contribution in [0.2, 0.25) is 0 Å². The quantitative estimate of drug-likeness (QED) is 0.456. The van der Waals surface area contributed by atoms with E-state index in [-0.39, 0.29) is 6.61 Å². The SMILES string of the molecule is CC(C)=CCCC(C)=CCCC(C)=CCCC(C)=C(C)CO. The van der Waals surface area contributed by atoms with E-state index in [2.05, 4.69) is 52.8 Å². The van der Waals surface area contributed by atoms with E-state index in [4.69, 9.17) is 5.11 Å². The molecule has 0 amide bonds. The highest BCUT2D eigenvalue weighted by Crippen LogP contribution is 2.14. The van der Waals surface area contributed by atoms with Crippen LogP contribution in [-0.2, 0) is 0 Å². The maximum atomic E-state index is 9.09. The van der Waals surface area contributed by atoms with Crippen LogP contribution in [0, 0.1) is 0 Å². The predicted molar refractivity (Wildman–Crippen MR) is 100 cm³/mol. The van der Waals surface area contributed by atoms with Gasteiger partial charge in [0.05, 0.1) is 6.61 Å². The second kappa shape index (κ2) is 12.5. The summed E-state index contributed by atoms with van der Waals surface area (Å²) in [7, 11) is 0. The average Bonchev–Trinajstić information content (AvgIpc) is 2.45. The van der Waals surface area contributed by atoms with Gasteiger partial charge in [-0.05, 0) is 85.6 Å². The molecule has 0 aliphatic rings.